The van der Waals surface area contributed by atoms with E-state index >= 15 is 0 Å². The van der Waals surface area contributed by atoms with Crippen molar-refractivity contribution in [2.45, 2.75) is 19.3 Å². The lowest BCUT2D eigenvalue weighted by molar-refractivity contribution is -0.128. The lowest BCUT2D eigenvalue weighted by Crippen LogP contribution is -2.29. The minimum atomic E-state index is -0.319. The topological polar surface area (TPSA) is 49.4 Å². The number of carbonyl (C=O) groups is 2. The highest BCUT2D eigenvalue weighted by Crippen LogP contribution is 2.24. The van der Waals surface area contributed by atoms with Crippen molar-refractivity contribution in [3.8, 4) is 0 Å². The summed E-state index contributed by atoms with van der Waals surface area (Å²) in [6.07, 6.45) is 2.09. The smallest absolute Gasteiger partial charge is 0.229 e. The van der Waals surface area contributed by atoms with Crippen molar-refractivity contribution in [1.29, 1.82) is 0 Å². The van der Waals surface area contributed by atoms with Crippen LogP contribution in [0.15, 0.2) is 54.6 Å². The molecule has 130 valence electrons. The number of amides is 2. The quantitative estimate of drug-likeness (QED) is 0.856. The van der Waals surface area contributed by atoms with Gasteiger partial charge in [-0.05, 0) is 30.5 Å². The normalized spacial score (nSPS) is 16.9. The molecule has 5 heteroatoms. The molecule has 0 aliphatic carbocycles. The Morgan fingerprint density at radius 2 is 1.84 bits per heavy atom. The van der Waals surface area contributed by atoms with Gasteiger partial charge in [0.05, 0.1) is 16.6 Å². The SMILES string of the molecule is O=C(Nc1ccccc1Cl)C1CC(=O)N(CCCc2ccccc2)C1. The zero-order chi connectivity index (χ0) is 17.6. The van der Waals surface area contributed by atoms with Gasteiger partial charge in [0.15, 0.2) is 0 Å². The van der Waals surface area contributed by atoms with E-state index in [4.69, 9.17) is 11.6 Å². The molecule has 4 nitrogen and oxygen atoms in total. The number of nitrogens with zero attached hydrogens (tertiary/aromatic N) is 1. The van der Waals surface area contributed by atoms with Crippen LogP contribution in [-0.4, -0.2) is 29.8 Å². The molecule has 1 saturated heterocycles. The summed E-state index contributed by atoms with van der Waals surface area (Å²) in [5.74, 6) is -0.417. The predicted molar refractivity (Wildman–Crippen MR) is 99.5 cm³/mol. The van der Waals surface area contributed by atoms with Crippen molar-refractivity contribution in [1.82, 2.24) is 4.90 Å². The molecule has 2 aromatic rings. The van der Waals surface area contributed by atoms with E-state index in [2.05, 4.69) is 17.4 Å². The van der Waals surface area contributed by atoms with Crippen LogP contribution in [-0.2, 0) is 16.0 Å². The third-order valence-electron chi connectivity index (χ3n) is 4.45. The lowest BCUT2D eigenvalue weighted by Gasteiger charge is -2.16. The van der Waals surface area contributed by atoms with E-state index in [-0.39, 0.29) is 24.2 Å². The molecule has 2 aromatic carbocycles. The number of hydrogen-bond donors (Lipinski definition) is 1. The first-order valence-corrected chi connectivity index (χ1v) is 8.88. The molecule has 0 radical (unpaired) electrons. The van der Waals surface area contributed by atoms with Crippen LogP contribution in [0.25, 0.3) is 0 Å². The number of rotatable bonds is 6. The first-order chi connectivity index (χ1) is 12.1. The van der Waals surface area contributed by atoms with Crippen molar-refractivity contribution in [3.63, 3.8) is 0 Å². The number of carbonyl (C=O) groups excluding carboxylic acids is 2. The number of anilines is 1. The largest absolute Gasteiger partial charge is 0.342 e. The number of para-hydroxylation sites is 1. The molecule has 1 fully saturated rings. The molecular weight excluding hydrogens is 336 g/mol. The second-order valence-corrected chi connectivity index (χ2v) is 6.71. The third-order valence-corrected chi connectivity index (χ3v) is 4.78. The van der Waals surface area contributed by atoms with Gasteiger partial charge in [0.1, 0.15) is 0 Å². The highest BCUT2D eigenvalue weighted by Gasteiger charge is 2.34. The second-order valence-electron chi connectivity index (χ2n) is 6.30. The van der Waals surface area contributed by atoms with Crippen LogP contribution in [0.4, 0.5) is 5.69 Å². The van der Waals surface area contributed by atoms with Crippen LogP contribution in [0.3, 0.4) is 0 Å². The van der Waals surface area contributed by atoms with Crippen molar-refractivity contribution < 1.29 is 9.59 Å². The van der Waals surface area contributed by atoms with Crippen LogP contribution in [0.1, 0.15) is 18.4 Å². The Morgan fingerprint density at radius 1 is 1.12 bits per heavy atom. The fourth-order valence-corrected chi connectivity index (χ4v) is 3.26. The summed E-state index contributed by atoms with van der Waals surface area (Å²) in [6.45, 7) is 1.16. The zero-order valence-electron chi connectivity index (χ0n) is 14.0. The van der Waals surface area contributed by atoms with Crippen molar-refractivity contribution >= 4 is 29.1 Å². The van der Waals surface area contributed by atoms with E-state index in [1.54, 1.807) is 17.0 Å². The molecule has 1 atom stereocenters. The molecule has 1 heterocycles. The van der Waals surface area contributed by atoms with Crippen LogP contribution in [0, 0.1) is 5.92 Å². The van der Waals surface area contributed by atoms with Gasteiger partial charge in [-0.2, -0.15) is 0 Å². The zero-order valence-corrected chi connectivity index (χ0v) is 14.7. The Morgan fingerprint density at radius 3 is 2.60 bits per heavy atom. The number of halogens is 1. The molecule has 25 heavy (non-hydrogen) atoms. The van der Waals surface area contributed by atoms with E-state index in [1.807, 2.05) is 30.3 Å². The summed E-state index contributed by atoms with van der Waals surface area (Å²) >= 11 is 6.07. The molecule has 0 spiro atoms. The highest BCUT2D eigenvalue weighted by atomic mass is 35.5. The molecule has 1 unspecified atom stereocenters. The summed E-state index contributed by atoms with van der Waals surface area (Å²) in [6, 6.07) is 17.3. The fourth-order valence-electron chi connectivity index (χ4n) is 3.08. The summed E-state index contributed by atoms with van der Waals surface area (Å²) in [4.78, 5) is 26.4. The van der Waals surface area contributed by atoms with Crippen molar-refractivity contribution in [2.24, 2.45) is 5.92 Å². The summed E-state index contributed by atoms with van der Waals surface area (Å²) in [5.41, 5.74) is 1.85. The maximum atomic E-state index is 12.4. The van der Waals surface area contributed by atoms with Crippen LogP contribution >= 0.6 is 11.6 Å². The first-order valence-electron chi connectivity index (χ1n) is 8.50. The highest BCUT2D eigenvalue weighted by molar-refractivity contribution is 6.33. The molecule has 3 rings (SSSR count). The molecular formula is C20H21ClN2O2. The maximum absolute atomic E-state index is 12.4. The van der Waals surface area contributed by atoms with Crippen LogP contribution in [0.2, 0.25) is 5.02 Å². The minimum absolute atomic E-state index is 0.0485. The molecule has 1 aliphatic heterocycles. The monoisotopic (exact) mass is 356 g/mol. The Balaban J connectivity index is 1.50. The van der Waals surface area contributed by atoms with E-state index in [1.165, 1.54) is 5.56 Å². The van der Waals surface area contributed by atoms with Gasteiger partial charge in [-0.25, -0.2) is 0 Å². The molecule has 1 aliphatic rings. The van der Waals surface area contributed by atoms with Gasteiger partial charge < -0.3 is 10.2 Å². The van der Waals surface area contributed by atoms with E-state index in [9.17, 15) is 9.59 Å². The van der Waals surface area contributed by atoms with Gasteiger partial charge in [0.25, 0.3) is 0 Å². The van der Waals surface area contributed by atoms with Crippen LogP contribution < -0.4 is 5.32 Å². The summed E-state index contributed by atoms with van der Waals surface area (Å²) in [5, 5.41) is 3.33. The lowest BCUT2D eigenvalue weighted by atomic mass is 10.1. The third kappa shape index (κ3) is 4.60. The Bertz CT molecular complexity index is 748. The second kappa shape index (κ2) is 8.17. The standard InChI is InChI=1S/C20H21ClN2O2/c21-17-10-4-5-11-18(17)22-20(25)16-13-19(24)23(14-16)12-6-9-15-7-2-1-3-8-15/h1-5,7-8,10-11,16H,6,9,12-14H2,(H,22,25). The average Bonchev–Trinajstić information content (AvgIpc) is 2.99. The van der Waals surface area contributed by atoms with Gasteiger partial charge in [0, 0.05) is 19.5 Å². The molecule has 0 saturated carbocycles. The number of likely N-dealkylation sites (tertiary alicyclic amines) is 1. The number of aryl methyl sites for hydroxylation is 1. The van der Waals surface area contributed by atoms with Gasteiger partial charge >= 0.3 is 0 Å². The molecule has 1 N–H and O–H groups in total. The van der Waals surface area contributed by atoms with Gasteiger partial charge in [0.2, 0.25) is 11.8 Å². The molecule has 2 amide bonds. The molecule has 0 aromatic heterocycles. The van der Waals surface area contributed by atoms with Gasteiger partial charge in [-0.15, -0.1) is 0 Å². The fraction of sp³-hybridized carbons (Fsp3) is 0.300. The van der Waals surface area contributed by atoms with Crippen molar-refractivity contribution in [3.05, 3.63) is 65.2 Å². The Kier molecular flexibility index (Phi) is 5.71. The maximum Gasteiger partial charge on any atom is 0.229 e. The number of hydrogen-bond acceptors (Lipinski definition) is 2. The van der Waals surface area contributed by atoms with Crippen molar-refractivity contribution in [2.75, 3.05) is 18.4 Å². The van der Waals surface area contributed by atoms with Crippen LogP contribution in [0.5, 0.6) is 0 Å². The van der Waals surface area contributed by atoms with Gasteiger partial charge in [-0.3, -0.25) is 9.59 Å². The Hall–Kier alpha value is -2.33. The number of benzene rings is 2. The minimum Gasteiger partial charge on any atom is -0.342 e. The average molecular weight is 357 g/mol. The molecule has 0 bridgehead atoms. The number of nitrogens with one attached hydrogen (secondary N) is 1. The van der Waals surface area contributed by atoms with E-state index < -0.39 is 0 Å². The predicted octanol–water partition coefficient (Wildman–Crippen LogP) is 3.76. The summed E-state index contributed by atoms with van der Waals surface area (Å²) in [7, 11) is 0. The Labute approximate surface area is 152 Å². The first kappa shape index (κ1) is 17.5. The van der Waals surface area contributed by atoms with E-state index in [0.29, 0.717) is 23.8 Å². The summed E-state index contributed by atoms with van der Waals surface area (Å²) < 4.78 is 0. The van der Waals surface area contributed by atoms with Gasteiger partial charge in [-0.1, -0.05) is 54.1 Å². The van der Waals surface area contributed by atoms with E-state index in [0.717, 1.165) is 12.8 Å².